The van der Waals surface area contributed by atoms with Crippen molar-refractivity contribution in [2.24, 2.45) is 28.1 Å². The van der Waals surface area contributed by atoms with Crippen molar-refractivity contribution in [3.8, 4) is 0 Å². The van der Waals surface area contributed by atoms with E-state index in [1.165, 1.54) is 0 Å². The Hall–Kier alpha value is -2.02. The lowest BCUT2D eigenvalue weighted by molar-refractivity contribution is -0.194. The third kappa shape index (κ3) is 4.68. The van der Waals surface area contributed by atoms with Crippen LogP contribution in [0.1, 0.15) is 80.6 Å². The topological polar surface area (TPSA) is 115 Å². The summed E-state index contributed by atoms with van der Waals surface area (Å²) in [6.07, 6.45) is 10.2. The zero-order valence-corrected chi connectivity index (χ0v) is 22.8. The number of carboxylic acids is 1. The molecule has 3 saturated carbocycles. The highest BCUT2D eigenvalue weighted by Gasteiger charge is 2.67. The van der Waals surface area contributed by atoms with Crippen LogP contribution in [0.5, 0.6) is 0 Å². The summed E-state index contributed by atoms with van der Waals surface area (Å²) in [6, 6.07) is 0. The summed E-state index contributed by atoms with van der Waals surface area (Å²) in [5, 5.41) is 40.6. The number of fused-ring (bicyclic) bond motifs is 3. The van der Waals surface area contributed by atoms with Gasteiger partial charge in [0.25, 0.3) is 0 Å². The van der Waals surface area contributed by atoms with Gasteiger partial charge in [0.2, 0.25) is 0 Å². The maximum atomic E-state index is 13.4. The number of allylic oxidation sites excluding steroid dienone is 7. The van der Waals surface area contributed by atoms with E-state index in [1.54, 1.807) is 32.9 Å². The monoisotopic (exact) mass is 500 g/mol. The molecule has 6 heteroatoms. The van der Waals surface area contributed by atoms with Crippen LogP contribution < -0.4 is 0 Å². The van der Waals surface area contributed by atoms with Crippen LogP contribution in [0.4, 0.5) is 0 Å². The first kappa shape index (κ1) is 28.5. The summed E-state index contributed by atoms with van der Waals surface area (Å²) in [5.74, 6) is -0.933. The third-order valence-corrected chi connectivity index (χ3v) is 9.75. The summed E-state index contributed by atoms with van der Waals surface area (Å²) < 4.78 is 0. The summed E-state index contributed by atoms with van der Waals surface area (Å²) in [5.41, 5.74) is -0.392. The fourth-order valence-corrected chi connectivity index (χ4v) is 7.52. The molecule has 3 aliphatic rings. The first-order valence-corrected chi connectivity index (χ1v) is 13.1. The van der Waals surface area contributed by atoms with Gasteiger partial charge in [0.1, 0.15) is 6.10 Å². The standard InChI is InChI=1S/C30H44O6/c1-18(11-12-23(32)27(3,4)36)9-8-10-19(2)25-20(31)17-22-28(5)16-14-24(33)30(7,26(34)35)21(28)13-15-29(22,25)6/h8-12,21-24,32-33,36H,13-17H2,1-7H3,(H,34,35)/b10-8+,12-11+,18-9+,25-19+/t21-,22+,23-,24-,28+,29+,30-/m1/s1. The SMILES string of the molecule is CC(/C=C/C=C(C)/C=C/[C@@H](O)C(C)(C)O)=C1/C(=O)C[C@H]2[C@@]3(C)CC[C@@H](O)[C@](C)(C(=O)O)[C@@H]3CC[C@]12C. The van der Waals surface area contributed by atoms with Gasteiger partial charge in [-0.1, -0.05) is 49.8 Å². The Kier molecular flexibility index (Phi) is 7.69. The molecule has 0 bridgehead atoms. The third-order valence-electron chi connectivity index (χ3n) is 9.75. The summed E-state index contributed by atoms with van der Waals surface area (Å²) in [6.45, 7) is 13.0. The maximum absolute atomic E-state index is 13.4. The van der Waals surface area contributed by atoms with Crippen molar-refractivity contribution in [2.45, 2.75) is 98.4 Å². The second-order valence-electron chi connectivity index (χ2n) is 12.6. The Morgan fingerprint density at radius 3 is 2.31 bits per heavy atom. The van der Waals surface area contributed by atoms with Gasteiger partial charge in [0.15, 0.2) is 5.78 Å². The molecule has 3 fully saturated rings. The number of aliphatic carboxylic acids is 1. The molecule has 0 aromatic heterocycles. The van der Waals surface area contributed by atoms with Gasteiger partial charge in [0.05, 0.1) is 17.1 Å². The lowest BCUT2D eigenvalue weighted by atomic mass is 9.43. The number of hydrogen-bond acceptors (Lipinski definition) is 5. The second kappa shape index (κ2) is 9.70. The molecule has 0 amide bonds. The van der Waals surface area contributed by atoms with Gasteiger partial charge in [-0.2, -0.15) is 0 Å². The van der Waals surface area contributed by atoms with Gasteiger partial charge in [-0.15, -0.1) is 0 Å². The quantitative estimate of drug-likeness (QED) is 0.309. The highest BCUT2D eigenvalue weighted by Crippen LogP contribution is 2.69. The minimum absolute atomic E-state index is 0.0457. The molecular weight excluding hydrogens is 456 g/mol. The molecule has 6 nitrogen and oxygen atoms in total. The number of ketones is 1. The number of hydrogen-bond donors (Lipinski definition) is 4. The second-order valence-corrected chi connectivity index (χ2v) is 12.6. The molecule has 0 aromatic rings. The lowest BCUT2D eigenvalue weighted by Crippen LogP contribution is -2.61. The van der Waals surface area contributed by atoms with E-state index >= 15 is 0 Å². The number of rotatable bonds is 6. The molecule has 36 heavy (non-hydrogen) atoms. The van der Waals surface area contributed by atoms with E-state index in [0.717, 1.165) is 29.6 Å². The van der Waals surface area contributed by atoms with Crippen LogP contribution in [0, 0.1) is 28.1 Å². The highest BCUT2D eigenvalue weighted by atomic mass is 16.4. The molecule has 3 rings (SSSR count). The molecule has 0 unspecified atom stereocenters. The largest absolute Gasteiger partial charge is 0.481 e. The number of Topliss-reactive ketones (excluding diaryl/α,β-unsaturated/α-hetero) is 1. The van der Waals surface area contributed by atoms with Crippen molar-refractivity contribution in [2.75, 3.05) is 0 Å². The van der Waals surface area contributed by atoms with E-state index in [9.17, 15) is 30.0 Å². The van der Waals surface area contributed by atoms with Gasteiger partial charge in [-0.25, -0.2) is 0 Å². The van der Waals surface area contributed by atoms with Gasteiger partial charge in [-0.3, -0.25) is 9.59 Å². The Labute approximate surface area is 215 Å². The van der Waals surface area contributed by atoms with Gasteiger partial charge < -0.3 is 20.4 Å². The Morgan fingerprint density at radius 2 is 1.72 bits per heavy atom. The van der Waals surface area contributed by atoms with Crippen LogP contribution in [0.3, 0.4) is 0 Å². The summed E-state index contributed by atoms with van der Waals surface area (Å²) in [4.78, 5) is 25.7. The van der Waals surface area contributed by atoms with E-state index in [-0.39, 0.29) is 28.4 Å². The molecule has 0 radical (unpaired) electrons. The summed E-state index contributed by atoms with van der Waals surface area (Å²) >= 11 is 0. The smallest absolute Gasteiger partial charge is 0.312 e. The predicted octanol–water partition coefficient (Wildman–Crippen LogP) is 4.75. The fourth-order valence-electron chi connectivity index (χ4n) is 7.52. The molecule has 7 atom stereocenters. The molecule has 4 N–H and O–H groups in total. The van der Waals surface area contributed by atoms with Crippen LogP contribution in [-0.2, 0) is 9.59 Å². The zero-order chi connectivity index (χ0) is 27.3. The molecule has 0 aromatic carbocycles. The van der Waals surface area contributed by atoms with Crippen molar-refractivity contribution in [3.05, 3.63) is 47.1 Å². The maximum Gasteiger partial charge on any atom is 0.312 e. The molecule has 0 saturated heterocycles. The van der Waals surface area contributed by atoms with Crippen molar-refractivity contribution in [3.63, 3.8) is 0 Å². The fraction of sp³-hybridized carbons (Fsp3) is 0.667. The molecule has 3 aliphatic carbocycles. The highest BCUT2D eigenvalue weighted by molar-refractivity contribution is 6.01. The molecule has 200 valence electrons. The van der Waals surface area contributed by atoms with Crippen molar-refractivity contribution in [1.82, 2.24) is 0 Å². The molecule has 0 heterocycles. The average molecular weight is 501 g/mol. The van der Waals surface area contributed by atoms with Crippen molar-refractivity contribution >= 4 is 11.8 Å². The Bertz CT molecular complexity index is 1030. The Balaban J connectivity index is 1.89. The number of aliphatic hydroxyl groups excluding tert-OH is 2. The summed E-state index contributed by atoms with van der Waals surface area (Å²) in [7, 11) is 0. The van der Waals surface area contributed by atoms with E-state index in [2.05, 4.69) is 13.8 Å². The minimum Gasteiger partial charge on any atom is -0.481 e. The molecule has 0 spiro atoms. The number of carbonyl (C=O) groups is 2. The molecule has 0 aliphatic heterocycles. The predicted molar refractivity (Wildman–Crippen MR) is 140 cm³/mol. The number of carbonyl (C=O) groups excluding carboxylic acids is 1. The van der Waals surface area contributed by atoms with Crippen LogP contribution in [0.25, 0.3) is 0 Å². The zero-order valence-electron chi connectivity index (χ0n) is 22.8. The first-order chi connectivity index (χ1) is 16.5. The normalized spacial score (nSPS) is 39.9. The van der Waals surface area contributed by atoms with Gasteiger partial charge in [-0.05, 0) is 83.1 Å². The number of carboxylic acid groups (broad SMARTS) is 1. The number of aliphatic hydroxyl groups is 3. The van der Waals surface area contributed by atoms with Crippen molar-refractivity contribution < 1.29 is 30.0 Å². The van der Waals surface area contributed by atoms with Crippen LogP contribution in [0.2, 0.25) is 0 Å². The minimum atomic E-state index is -1.21. The lowest BCUT2D eigenvalue weighted by Gasteiger charge is -2.61. The van der Waals surface area contributed by atoms with Crippen LogP contribution in [-0.4, -0.2) is 50.0 Å². The van der Waals surface area contributed by atoms with E-state index in [1.807, 2.05) is 32.1 Å². The van der Waals surface area contributed by atoms with Gasteiger partial charge >= 0.3 is 5.97 Å². The van der Waals surface area contributed by atoms with Crippen molar-refractivity contribution in [1.29, 1.82) is 0 Å². The molecular formula is C30H44O6. The van der Waals surface area contributed by atoms with Gasteiger partial charge in [0, 0.05) is 17.4 Å². The van der Waals surface area contributed by atoms with E-state index in [4.69, 9.17) is 0 Å². The first-order valence-electron chi connectivity index (χ1n) is 13.1. The van der Waals surface area contributed by atoms with Crippen LogP contribution >= 0.6 is 0 Å². The van der Waals surface area contributed by atoms with E-state index in [0.29, 0.717) is 19.3 Å². The Morgan fingerprint density at radius 1 is 1.08 bits per heavy atom. The average Bonchev–Trinajstić information content (AvgIpc) is 3.05. The van der Waals surface area contributed by atoms with Crippen LogP contribution in [0.15, 0.2) is 47.1 Å². The van der Waals surface area contributed by atoms with E-state index < -0.39 is 29.2 Å².